The van der Waals surface area contributed by atoms with Crippen LogP contribution in [0.1, 0.15) is 41.8 Å². The summed E-state index contributed by atoms with van der Waals surface area (Å²) in [5, 5.41) is 9.85. The molecule has 0 aliphatic carbocycles. The quantitative estimate of drug-likeness (QED) is 0.877. The van der Waals surface area contributed by atoms with Crippen LogP contribution in [0.4, 0.5) is 0 Å². The molecule has 1 aromatic heterocycles. The number of aromatic nitrogens is 2. The van der Waals surface area contributed by atoms with E-state index in [-0.39, 0.29) is 6.04 Å². The van der Waals surface area contributed by atoms with Gasteiger partial charge in [-0.25, -0.2) is 0 Å². The minimum absolute atomic E-state index is 0.262. The van der Waals surface area contributed by atoms with Crippen molar-refractivity contribution in [2.24, 2.45) is 0 Å². The van der Waals surface area contributed by atoms with Gasteiger partial charge in [0.25, 0.3) is 0 Å². The zero-order valence-corrected chi connectivity index (χ0v) is 12.6. The highest BCUT2D eigenvalue weighted by Gasteiger charge is 2.16. The Balaban J connectivity index is 2.20. The van der Waals surface area contributed by atoms with Crippen LogP contribution in [-0.4, -0.2) is 16.1 Å². The first-order valence-corrected chi connectivity index (χ1v) is 7.61. The molecule has 102 valence electrons. The summed E-state index contributed by atoms with van der Waals surface area (Å²) < 4.78 is 3.99. The van der Waals surface area contributed by atoms with Gasteiger partial charge in [0.05, 0.1) is 11.7 Å². The number of hydrogen-bond acceptors (Lipinski definition) is 4. The van der Waals surface area contributed by atoms with Gasteiger partial charge in [-0.1, -0.05) is 29.6 Å². The summed E-state index contributed by atoms with van der Waals surface area (Å²) in [5.41, 5.74) is 5.18. The second-order valence-corrected chi connectivity index (χ2v) is 5.52. The zero-order chi connectivity index (χ0) is 13.7. The molecule has 0 aliphatic rings. The lowest BCUT2D eigenvalue weighted by atomic mass is 9.95. The largest absolute Gasteiger partial charge is 0.308 e. The maximum Gasteiger partial charge on any atom is 0.0928 e. The molecule has 2 rings (SSSR count). The van der Waals surface area contributed by atoms with Gasteiger partial charge in [-0.15, -0.1) is 5.10 Å². The highest BCUT2D eigenvalue weighted by atomic mass is 32.1. The van der Waals surface area contributed by atoms with Crippen molar-refractivity contribution in [1.29, 1.82) is 0 Å². The summed E-state index contributed by atoms with van der Waals surface area (Å²) in [7, 11) is 0. The summed E-state index contributed by atoms with van der Waals surface area (Å²) in [6, 6.07) is 6.74. The molecule has 0 amide bonds. The Labute approximate surface area is 119 Å². The number of hydrogen-bond donors (Lipinski definition) is 1. The normalized spacial score (nSPS) is 12.6. The summed E-state index contributed by atoms with van der Waals surface area (Å²) in [5.74, 6) is 0. The number of nitrogens with zero attached hydrogens (tertiary/aromatic N) is 2. The number of nitrogens with one attached hydrogen (secondary N) is 1. The van der Waals surface area contributed by atoms with Crippen molar-refractivity contribution >= 4 is 11.5 Å². The molecule has 1 heterocycles. The Kier molecular flexibility index (Phi) is 5.05. The molecule has 2 aromatic rings. The molecule has 3 nitrogen and oxygen atoms in total. The van der Waals surface area contributed by atoms with Crippen LogP contribution in [0.5, 0.6) is 0 Å². The molecular weight excluding hydrogens is 254 g/mol. The minimum atomic E-state index is 0.262. The van der Waals surface area contributed by atoms with E-state index in [1.807, 2.05) is 5.38 Å². The molecule has 19 heavy (non-hydrogen) atoms. The predicted octanol–water partition coefficient (Wildman–Crippen LogP) is 3.44. The van der Waals surface area contributed by atoms with E-state index in [9.17, 15) is 0 Å². The van der Waals surface area contributed by atoms with Crippen LogP contribution in [0.15, 0.2) is 23.6 Å². The lowest BCUT2D eigenvalue weighted by molar-refractivity contribution is 0.515. The third-order valence-corrected chi connectivity index (χ3v) is 3.95. The lowest BCUT2D eigenvalue weighted by Crippen LogP contribution is -2.25. The fourth-order valence-electron chi connectivity index (χ4n) is 2.30. The van der Waals surface area contributed by atoms with Crippen LogP contribution in [0.3, 0.4) is 0 Å². The third-order valence-electron chi connectivity index (χ3n) is 3.43. The minimum Gasteiger partial charge on any atom is -0.308 e. The molecule has 0 aliphatic heterocycles. The fourth-order valence-corrected chi connectivity index (χ4v) is 2.81. The monoisotopic (exact) mass is 275 g/mol. The third kappa shape index (κ3) is 3.61. The maximum atomic E-state index is 4.23. The molecule has 0 saturated carbocycles. The maximum absolute atomic E-state index is 4.23. The van der Waals surface area contributed by atoms with Crippen molar-refractivity contribution in [3.8, 4) is 0 Å². The number of rotatable bonds is 6. The van der Waals surface area contributed by atoms with E-state index in [4.69, 9.17) is 0 Å². The molecule has 4 heteroatoms. The molecule has 1 N–H and O–H groups in total. The van der Waals surface area contributed by atoms with Crippen molar-refractivity contribution in [2.45, 2.75) is 39.7 Å². The predicted molar refractivity (Wildman–Crippen MR) is 80.6 cm³/mol. The Morgan fingerprint density at radius 2 is 2.00 bits per heavy atom. The first kappa shape index (κ1) is 14.2. The van der Waals surface area contributed by atoms with Gasteiger partial charge in [-0.3, -0.25) is 0 Å². The van der Waals surface area contributed by atoms with Crippen LogP contribution in [0, 0.1) is 13.8 Å². The summed E-state index contributed by atoms with van der Waals surface area (Å²) in [6.45, 7) is 7.55. The second-order valence-electron chi connectivity index (χ2n) is 4.91. The average molecular weight is 275 g/mol. The van der Waals surface area contributed by atoms with E-state index in [1.54, 1.807) is 0 Å². The molecule has 1 atom stereocenters. The molecule has 1 unspecified atom stereocenters. The average Bonchev–Trinajstić information content (AvgIpc) is 2.91. The zero-order valence-electron chi connectivity index (χ0n) is 11.8. The van der Waals surface area contributed by atoms with E-state index in [0.717, 1.165) is 25.1 Å². The van der Waals surface area contributed by atoms with Crippen molar-refractivity contribution in [1.82, 2.24) is 14.9 Å². The molecule has 0 spiro atoms. The Bertz CT molecular complexity index is 488. The number of benzene rings is 1. The molecule has 0 bridgehead atoms. The lowest BCUT2D eigenvalue weighted by Gasteiger charge is -2.19. The Morgan fingerprint density at radius 1 is 1.26 bits per heavy atom. The van der Waals surface area contributed by atoms with Gasteiger partial charge in [0, 0.05) is 5.38 Å². The van der Waals surface area contributed by atoms with Gasteiger partial charge in [0.1, 0.15) is 0 Å². The first-order valence-electron chi connectivity index (χ1n) is 6.77. The number of aryl methyl sites for hydroxylation is 2. The molecular formula is C15H21N3S. The van der Waals surface area contributed by atoms with Crippen molar-refractivity contribution in [3.05, 3.63) is 46.0 Å². The van der Waals surface area contributed by atoms with Crippen molar-refractivity contribution in [2.75, 3.05) is 6.54 Å². The summed E-state index contributed by atoms with van der Waals surface area (Å²) in [6.07, 6.45) is 2.10. The van der Waals surface area contributed by atoms with Gasteiger partial charge >= 0.3 is 0 Å². The molecule has 0 fully saturated rings. The van der Waals surface area contributed by atoms with Crippen molar-refractivity contribution < 1.29 is 0 Å². The van der Waals surface area contributed by atoms with Gasteiger partial charge < -0.3 is 5.32 Å². The van der Waals surface area contributed by atoms with Crippen LogP contribution in [0.2, 0.25) is 0 Å². The summed E-state index contributed by atoms with van der Waals surface area (Å²) in [4.78, 5) is 0. The highest BCUT2D eigenvalue weighted by molar-refractivity contribution is 7.03. The standard InChI is InChI=1S/C15H21N3S/c1-4-8-16-14(15-10-19-18-17-15)9-13-11(2)6-5-7-12(13)3/h5-7,10,14,16H,4,8-9H2,1-3H3. The van der Waals surface area contributed by atoms with Crippen LogP contribution in [0.25, 0.3) is 0 Å². The van der Waals surface area contributed by atoms with Gasteiger partial charge in [-0.05, 0) is 61.5 Å². The van der Waals surface area contributed by atoms with E-state index >= 15 is 0 Å². The first-order chi connectivity index (χ1) is 9.22. The molecule has 1 aromatic carbocycles. The van der Waals surface area contributed by atoms with Crippen LogP contribution < -0.4 is 5.32 Å². The van der Waals surface area contributed by atoms with E-state index in [1.165, 1.54) is 28.2 Å². The van der Waals surface area contributed by atoms with Gasteiger partial charge in [0.15, 0.2) is 0 Å². The van der Waals surface area contributed by atoms with Crippen molar-refractivity contribution in [3.63, 3.8) is 0 Å². The topological polar surface area (TPSA) is 37.8 Å². The van der Waals surface area contributed by atoms with Crippen LogP contribution in [-0.2, 0) is 6.42 Å². The Morgan fingerprint density at radius 3 is 2.58 bits per heavy atom. The van der Waals surface area contributed by atoms with E-state index in [0.29, 0.717) is 0 Å². The Hall–Kier alpha value is -1.26. The van der Waals surface area contributed by atoms with Gasteiger partial charge in [-0.2, -0.15) is 0 Å². The van der Waals surface area contributed by atoms with E-state index < -0.39 is 0 Å². The summed E-state index contributed by atoms with van der Waals surface area (Å²) >= 11 is 1.42. The molecule has 0 radical (unpaired) electrons. The second kappa shape index (κ2) is 6.78. The fraction of sp³-hybridized carbons (Fsp3) is 0.467. The van der Waals surface area contributed by atoms with E-state index in [2.05, 4.69) is 53.9 Å². The SMILES string of the molecule is CCCNC(Cc1c(C)cccc1C)c1csnn1. The molecule has 0 saturated heterocycles. The van der Waals surface area contributed by atoms with Gasteiger partial charge in [0.2, 0.25) is 0 Å². The van der Waals surface area contributed by atoms with Crippen LogP contribution >= 0.6 is 11.5 Å². The smallest absolute Gasteiger partial charge is 0.0928 e. The highest BCUT2D eigenvalue weighted by Crippen LogP contribution is 2.22.